The fourth-order valence-corrected chi connectivity index (χ4v) is 4.09. The summed E-state index contributed by atoms with van der Waals surface area (Å²) >= 11 is 0. The maximum Gasteiger partial charge on any atom is 0.227 e. The first kappa shape index (κ1) is 10.3. The molecule has 0 radical (unpaired) electrons. The first-order chi connectivity index (χ1) is 7.41. The Bertz CT molecular complexity index is 394. The molecule has 3 rings (SSSR count). The van der Waals surface area contributed by atoms with Crippen LogP contribution >= 0.6 is 0 Å². The second kappa shape index (κ2) is 2.67. The van der Waals surface area contributed by atoms with Crippen molar-refractivity contribution in [1.29, 1.82) is 0 Å². The van der Waals surface area contributed by atoms with E-state index in [1.54, 1.807) is 6.92 Å². The molecule has 0 saturated carbocycles. The van der Waals surface area contributed by atoms with Gasteiger partial charge >= 0.3 is 0 Å². The summed E-state index contributed by atoms with van der Waals surface area (Å²) in [6.07, 6.45) is 1.77. The quantitative estimate of drug-likeness (QED) is 0.710. The Morgan fingerprint density at radius 3 is 2.81 bits per heavy atom. The molecule has 88 valence electrons. The monoisotopic (exact) mass is 223 g/mol. The summed E-state index contributed by atoms with van der Waals surface area (Å²) in [5.41, 5.74) is -0.829. The number of ketones is 1. The SMILES string of the molecule is CC(=O)[C@@H]1[C@@H]2C(=O)N[C@@H](C)[C@]23CC[C@@]1(C)O3. The predicted molar refractivity (Wildman–Crippen MR) is 56.7 cm³/mol. The number of nitrogens with one attached hydrogen (secondary N) is 1. The van der Waals surface area contributed by atoms with Gasteiger partial charge in [-0.3, -0.25) is 9.59 Å². The van der Waals surface area contributed by atoms with Gasteiger partial charge in [-0.2, -0.15) is 0 Å². The normalized spacial score (nSPS) is 53.9. The Kier molecular flexibility index (Phi) is 1.71. The van der Waals surface area contributed by atoms with Crippen LogP contribution in [0.1, 0.15) is 33.6 Å². The molecule has 0 aromatic rings. The summed E-state index contributed by atoms with van der Waals surface area (Å²) in [5.74, 6) is -0.445. The number of amides is 1. The molecule has 0 unspecified atom stereocenters. The van der Waals surface area contributed by atoms with Crippen molar-refractivity contribution in [2.24, 2.45) is 11.8 Å². The Labute approximate surface area is 94.7 Å². The summed E-state index contributed by atoms with van der Waals surface area (Å²) in [5, 5.41) is 2.92. The van der Waals surface area contributed by atoms with Gasteiger partial charge in [0.2, 0.25) is 5.91 Å². The van der Waals surface area contributed by atoms with Crippen molar-refractivity contribution in [2.45, 2.75) is 50.9 Å². The average molecular weight is 223 g/mol. The van der Waals surface area contributed by atoms with E-state index < -0.39 is 11.2 Å². The molecule has 3 fully saturated rings. The smallest absolute Gasteiger partial charge is 0.227 e. The zero-order valence-electron chi connectivity index (χ0n) is 9.87. The molecule has 1 spiro atoms. The van der Waals surface area contributed by atoms with Gasteiger partial charge in [-0.1, -0.05) is 0 Å². The van der Waals surface area contributed by atoms with Crippen LogP contribution in [0.2, 0.25) is 0 Å². The van der Waals surface area contributed by atoms with Crippen molar-refractivity contribution < 1.29 is 14.3 Å². The summed E-state index contributed by atoms with van der Waals surface area (Å²) in [6.45, 7) is 5.53. The van der Waals surface area contributed by atoms with Crippen molar-refractivity contribution >= 4 is 11.7 Å². The highest BCUT2D eigenvalue weighted by atomic mass is 16.5. The average Bonchev–Trinajstić information content (AvgIpc) is 2.72. The highest BCUT2D eigenvalue weighted by Crippen LogP contribution is 2.61. The van der Waals surface area contributed by atoms with Crippen molar-refractivity contribution in [3.8, 4) is 0 Å². The number of hydrogen-bond donors (Lipinski definition) is 1. The van der Waals surface area contributed by atoms with Crippen LogP contribution in [0.3, 0.4) is 0 Å². The third-order valence-corrected chi connectivity index (χ3v) is 4.77. The predicted octanol–water partition coefficient (Wildman–Crippen LogP) is 0.648. The fraction of sp³-hybridized carbons (Fsp3) is 0.833. The third-order valence-electron chi connectivity index (χ3n) is 4.77. The van der Waals surface area contributed by atoms with E-state index in [-0.39, 0.29) is 29.6 Å². The second-order valence-electron chi connectivity index (χ2n) is 5.67. The molecular weight excluding hydrogens is 206 g/mol. The molecule has 5 atom stereocenters. The largest absolute Gasteiger partial charge is 0.365 e. The molecule has 4 nitrogen and oxygen atoms in total. The highest BCUT2D eigenvalue weighted by molar-refractivity contribution is 5.92. The molecule has 0 aliphatic carbocycles. The van der Waals surface area contributed by atoms with Crippen LogP contribution in [0.25, 0.3) is 0 Å². The molecule has 1 amide bonds. The lowest BCUT2D eigenvalue weighted by atomic mass is 9.65. The number of ether oxygens (including phenoxy) is 1. The van der Waals surface area contributed by atoms with Gasteiger partial charge in [0.15, 0.2) is 0 Å². The van der Waals surface area contributed by atoms with Crippen molar-refractivity contribution in [2.75, 3.05) is 0 Å². The van der Waals surface area contributed by atoms with E-state index >= 15 is 0 Å². The van der Waals surface area contributed by atoms with Crippen LogP contribution in [0.4, 0.5) is 0 Å². The summed E-state index contributed by atoms with van der Waals surface area (Å²) in [7, 11) is 0. The molecule has 3 saturated heterocycles. The summed E-state index contributed by atoms with van der Waals surface area (Å²) < 4.78 is 6.12. The molecule has 4 heteroatoms. The molecule has 3 heterocycles. The van der Waals surface area contributed by atoms with Crippen molar-refractivity contribution in [3.63, 3.8) is 0 Å². The van der Waals surface area contributed by atoms with Crippen molar-refractivity contribution in [3.05, 3.63) is 0 Å². The number of carbonyl (C=O) groups is 2. The summed E-state index contributed by atoms with van der Waals surface area (Å²) in [4.78, 5) is 23.7. The van der Waals surface area contributed by atoms with Crippen LogP contribution in [-0.2, 0) is 14.3 Å². The second-order valence-corrected chi connectivity index (χ2v) is 5.67. The van der Waals surface area contributed by atoms with E-state index in [1.165, 1.54) is 0 Å². The molecule has 0 aromatic carbocycles. The Balaban J connectivity index is 2.12. The molecule has 16 heavy (non-hydrogen) atoms. The van der Waals surface area contributed by atoms with E-state index in [1.807, 2.05) is 13.8 Å². The van der Waals surface area contributed by atoms with Gasteiger partial charge in [-0.15, -0.1) is 0 Å². The van der Waals surface area contributed by atoms with Gasteiger partial charge in [0.05, 0.1) is 23.5 Å². The molecule has 3 aliphatic rings. The number of Topliss-reactive ketones (excluding diaryl/α,β-unsaturated/α-hetero) is 1. The first-order valence-corrected chi connectivity index (χ1v) is 5.92. The van der Waals surface area contributed by atoms with Crippen molar-refractivity contribution in [1.82, 2.24) is 5.32 Å². The first-order valence-electron chi connectivity index (χ1n) is 5.92. The molecular formula is C12H17NO3. The molecule has 2 bridgehead atoms. The number of carbonyl (C=O) groups excluding carboxylic acids is 2. The molecule has 0 aromatic heterocycles. The van der Waals surface area contributed by atoms with E-state index in [0.717, 1.165) is 12.8 Å². The standard InChI is InChI=1S/C12H17NO3/c1-6(14)8-9-10(15)13-7(2)12(9)5-4-11(8,3)16-12/h7-9H,4-5H2,1-3H3,(H,13,15)/t7-,8+,9+,11+,12+/m0/s1. The van der Waals surface area contributed by atoms with E-state index in [9.17, 15) is 9.59 Å². The van der Waals surface area contributed by atoms with E-state index in [4.69, 9.17) is 4.74 Å². The summed E-state index contributed by atoms with van der Waals surface area (Å²) in [6, 6.07) is 0.0242. The topological polar surface area (TPSA) is 55.4 Å². The Morgan fingerprint density at radius 2 is 2.19 bits per heavy atom. The van der Waals surface area contributed by atoms with Gasteiger partial charge in [0, 0.05) is 0 Å². The third kappa shape index (κ3) is 0.902. The van der Waals surface area contributed by atoms with E-state index in [2.05, 4.69) is 5.32 Å². The molecule has 1 N–H and O–H groups in total. The lowest BCUT2D eigenvalue weighted by Gasteiger charge is -2.31. The van der Waals surface area contributed by atoms with Gasteiger partial charge in [0.1, 0.15) is 11.4 Å². The zero-order valence-corrected chi connectivity index (χ0v) is 9.87. The van der Waals surface area contributed by atoms with Crippen LogP contribution in [0.15, 0.2) is 0 Å². The number of fused-ring (bicyclic) bond motifs is 1. The van der Waals surface area contributed by atoms with Crippen LogP contribution in [0.5, 0.6) is 0 Å². The van der Waals surface area contributed by atoms with Crippen LogP contribution < -0.4 is 5.32 Å². The maximum absolute atomic E-state index is 12.0. The maximum atomic E-state index is 12.0. The molecule has 3 aliphatic heterocycles. The van der Waals surface area contributed by atoms with Crippen LogP contribution in [0, 0.1) is 11.8 Å². The Morgan fingerprint density at radius 1 is 1.50 bits per heavy atom. The van der Waals surface area contributed by atoms with Crippen LogP contribution in [-0.4, -0.2) is 28.9 Å². The van der Waals surface area contributed by atoms with Gasteiger partial charge in [-0.25, -0.2) is 0 Å². The highest BCUT2D eigenvalue weighted by Gasteiger charge is 2.73. The minimum atomic E-state index is -0.415. The minimum Gasteiger partial charge on any atom is -0.365 e. The zero-order chi connectivity index (χ0) is 11.7. The van der Waals surface area contributed by atoms with Gasteiger partial charge in [-0.05, 0) is 33.6 Å². The fourth-order valence-electron chi connectivity index (χ4n) is 4.09. The number of hydrogen-bond acceptors (Lipinski definition) is 3. The number of rotatable bonds is 1. The van der Waals surface area contributed by atoms with E-state index in [0.29, 0.717) is 0 Å². The minimum absolute atomic E-state index is 0.00359. The lowest BCUT2D eigenvalue weighted by molar-refractivity contribution is -0.133. The van der Waals surface area contributed by atoms with Gasteiger partial charge in [0.25, 0.3) is 0 Å². The lowest BCUT2D eigenvalue weighted by Crippen LogP contribution is -2.45. The Hall–Kier alpha value is -0.900. The van der Waals surface area contributed by atoms with Gasteiger partial charge < -0.3 is 10.1 Å².